The maximum atomic E-state index is 13.6. The van der Waals surface area contributed by atoms with Crippen molar-refractivity contribution in [3.8, 4) is 0 Å². The first-order chi connectivity index (χ1) is 9.93. The second-order valence-electron chi connectivity index (χ2n) is 5.23. The number of rotatable bonds is 3. The third kappa shape index (κ3) is 3.22. The van der Waals surface area contributed by atoms with Crippen molar-refractivity contribution in [2.75, 3.05) is 38.3 Å². The monoisotopic (exact) mass is 298 g/mol. The molecule has 0 saturated carbocycles. The van der Waals surface area contributed by atoms with Gasteiger partial charge in [0.2, 0.25) is 5.91 Å². The van der Waals surface area contributed by atoms with Gasteiger partial charge in [-0.1, -0.05) is 0 Å². The van der Waals surface area contributed by atoms with Crippen LogP contribution in [-0.2, 0) is 9.53 Å². The second-order valence-corrected chi connectivity index (χ2v) is 5.23. The molecule has 0 radical (unpaired) electrons. The third-order valence-corrected chi connectivity index (χ3v) is 3.95. The van der Waals surface area contributed by atoms with Crippen molar-refractivity contribution in [1.29, 1.82) is 0 Å². The Balaban J connectivity index is 2.17. The predicted molar refractivity (Wildman–Crippen MR) is 76.4 cm³/mol. The molecule has 4 nitrogen and oxygen atoms in total. The highest BCUT2D eigenvalue weighted by atomic mass is 19.2. The van der Waals surface area contributed by atoms with Gasteiger partial charge < -0.3 is 9.64 Å². The minimum Gasteiger partial charge on any atom is -0.379 e. The molecule has 1 aliphatic heterocycles. The van der Waals surface area contributed by atoms with Gasteiger partial charge in [-0.25, -0.2) is 8.78 Å². The Morgan fingerprint density at radius 2 is 1.95 bits per heavy atom. The molecule has 1 atom stereocenters. The fourth-order valence-corrected chi connectivity index (χ4v) is 2.53. The number of anilines is 1. The highest BCUT2D eigenvalue weighted by molar-refractivity contribution is 5.97. The first kappa shape index (κ1) is 15.9. The Hall–Kier alpha value is -1.53. The van der Waals surface area contributed by atoms with Gasteiger partial charge in [0.1, 0.15) is 0 Å². The number of hydrogen-bond acceptors (Lipinski definition) is 3. The molecule has 0 aromatic heterocycles. The number of benzene rings is 1. The van der Waals surface area contributed by atoms with E-state index in [1.165, 1.54) is 17.9 Å². The van der Waals surface area contributed by atoms with Gasteiger partial charge in [-0.3, -0.25) is 9.69 Å². The van der Waals surface area contributed by atoms with Gasteiger partial charge in [-0.2, -0.15) is 0 Å². The van der Waals surface area contributed by atoms with E-state index in [4.69, 9.17) is 4.74 Å². The average molecular weight is 298 g/mol. The molecular weight excluding hydrogens is 278 g/mol. The Labute approximate surface area is 123 Å². The predicted octanol–water partition coefficient (Wildman–Crippen LogP) is 1.96. The van der Waals surface area contributed by atoms with Gasteiger partial charge in [0.25, 0.3) is 0 Å². The molecule has 1 aromatic rings. The van der Waals surface area contributed by atoms with Crippen LogP contribution in [0.2, 0.25) is 0 Å². The van der Waals surface area contributed by atoms with E-state index in [1.54, 1.807) is 7.05 Å². The van der Waals surface area contributed by atoms with E-state index in [0.29, 0.717) is 32.0 Å². The summed E-state index contributed by atoms with van der Waals surface area (Å²) >= 11 is 0. The van der Waals surface area contributed by atoms with Crippen molar-refractivity contribution in [3.63, 3.8) is 0 Å². The van der Waals surface area contributed by atoms with Crippen LogP contribution in [0.1, 0.15) is 12.5 Å². The molecule has 2 rings (SSSR count). The van der Waals surface area contributed by atoms with Crippen molar-refractivity contribution in [3.05, 3.63) is 29.3 Å². The molecule has 1 amide bonds. The van der Waals surface area contributed by atoms with Crippen LogP contribution in [0.4, 0.5) is 14.5 Å². The van der Waals surface area contributed by atoms with Crippen LogP contribution in [0, 0.1) is 18.6 Å². The zero-order chi connectivity index (χ0) is 15.6. The van der Waals surface area contributed by atoms with Crippen molar-refractivity contribution in [1.82, 2.24) is 4.90 Å². The zero-order valence-electron chi connectivity index (χ0n) is 12.5. The minimum absolute atomic E-state index is 0.139. The Morgan fingerprint density at radius 1 is 1.33 bits per heavy atom. The van der Waals surface area contributed by atoms with Crippen molar-refractivity contribution in [2.45, 2.75) is 19.9 Å². The largest absolute Gasteiger partial charge is 0.379 e. The van der Waals surface area contributed by atoms with Crippen LogP contribution < -0.4 is 4.90 Å². The van der Waals surface area contributed by atoms with Crippen LogP contribution in [0.15, 0.2) is 12.1 Å². The van der Waals surface area contributed by atoms with E-state index in [-0.39, 0.29) is 17.5 Å². The fourth-order valence-electron chi connectivity index (χ4n) is 2.53. The zero-order valence-corrected chi connectivity index (χ0v) is 12.5. The average Bonchev–Trinajstić information content (AvgIpc) is 2.51. The summed E-state index contributed by atoms with van der Waals surface area (Å²) in [6.45, 7) is 5.88. The molecule has 6 heteroatoms. The number of ether oxygens (including phenoxy) is 1. The fraction of sp³-hybridized carbons (Fsp3) is 0.533. The van der Waals surface area contributed by atoms with Gasteiger partial charge in [0.05, 0.1) is 19.3 Å². The number of carbonyl (C=O) groups is 1. The van der Waals surface area contributed by atoms with E-state index in [0.717, 1.165) is 6.07 Å². The molecule has 116 valence electrons. The van der Waals surface area contributed by atoms with Gasteiger partial charge in [0, 0.05) is 31.4 Å². The molecule has 1 saturated heterocycles. The lowest BCUT2D eigenvalue weighted by atomic mass is 10.1. The number of amides is 1. The molecule has 1 aromatic carbocycles. The summed E-state index contributed by atoms with van der Waals surface area (Å²) in [5, 5.41) is 0. The van der Waals surface area contributed by atoms with Gasteiger partial charge >= 0.3 is 0 Å². The van der Waals surface area contributed by atoms with Crippen molar-refractivity contribution >= 4 is 11.6 Å². The third-order valence-electron chi connectivity index (χ3n) is 3.95. The smallest absolute Gasteiger partial charge is 0.243 e. The molecule has 1 fully saturated rings. The summed E-state index contributed by atoms with van der Waals surface area (Å²) in [5.41, 5.74) is 0.527. The highest BCUT2D eigenvalue weighted by Gasteiger charge is 2.27. The Bertz CT molecular complexity index is 531. The van der Waals surface area contributed by atoms with E-state index in [9.17, 15) is 13.6 Å². The SMILES string of the molecule is Cc1c(N(C)C(=O)C(C)N2CCOCC2)ccc(F)c1F. The van der Waals surface area contributed by atoms with Crippen molar-refractivity contribution < 1.29 is 18.3 Å². The maximum absolute atomic E-state index is 13.6. The lowest BCUT2D eigenvalue weighted by Gasteiger charge is -2.33. The number of halogens is 2. The first-order valence-corrected chi connectivity index (χ1v) is 6.97. The van der Waals surface area contributed by atoms with Crippen molar-refractivity contribution in [2.24, 2.45) is 0 Å². The molecule has 0 N–H and O–H groups in total. The molecule has 0 bridgehead atoms. The molecular formula is C15H20F2N2O2. The number of nitrogens with zero attached hydrogens (tertiary/aromatic N) is 2. The molecule has 1 aliphatic rings. The lowest BCUT2D eigenvalue weighted by Crippen LogP contribution is -2.50. The molecule has 1 unspecified atom stereocenters. The second kappa shape index (κ2) is 6.49. The summed E-state index contributed by atoms with van der Waals surface area (Å²) in [5.74, 6) is -1.96. The first-order valence-electron chi connectivity index (χ1n) is 6.97. The molecule has 21 heavy (non-hydrogen) atoms. The minimum atomic E-state index is -0.911. The van der Waals surface area contributed by atoms with Gasteiger partial charge in [0.15, 0.2) is 11.6 Å². The molecule has 0 aliphatic carbocycles. The van der Waals surface area contributed by atoms with E-state index >= 15 is 0 Å². The van der Waals surface area contributed by atoms with Crippen LogP contribution in [0.3, 0.4) is 0 Å². The summed E-state index contributed by atoms with van der Waals surface area (Å²) in [6.07, 6.45) is 0. The summed E-state index contributed by atoms with van der Waals surface area (Å²) in [4.78, 5) is 15.9. The highest BCUT2D eigenvalue weighted by Crippen LogP contribution is 2.24. The van der Waals surface area contributed by atoms with E-state index in [1.807, 2.05) is 11.8 Å². The normalized spacial score (nSPS) is 17.6. The number of morpholine rings is 1. The van der Waals surface area contributed by atoms with Gasteiger partial charge in [-0.05, 0) is 26.0 Å². The van der Waals surface area contributed by atoms with Gasteiger partial charge in [-0.15, -0.1) is 0 Å². The van der Waals surface area contributed by atoms with Crippen LogP contribution in [0.5, 0.6) is 0 Å². The molecule has 0 spiro atoms. The van der Waals surface area contributed by atoms with Crippen LogP contribution in [-0.4, -0.2) is 50.2 Å². The maximum Gasteiger partial charge on any atom is 0.243 e. The number of carbonyl (C=O) groups excluding carboxylic acids is 1. The van der Waals surface area contributed by atoms with E-state index in [2.05, 4.69) is 0 Å². The van der Waals surface area contributed by atoms with E-state index < -0.39 is 11.6 Å². The van der Waals surface area contributed by atoms with Crippen LogP contribution in [0.25, 0.3) is 0 Å². The summed E-state index contributed by atoms with van der Waals surface area (Å²) < 4.78 is 32.1. The topological polar surface area (TPSA) is 32.8 Å². The number of likely N-dealkylation sites (N-methyl/N-ethyl adjacent to an activating group) is 1. The summed E-state index contributed by atoms with van der Waals surface area (Å²) in [7, 11) is 1.58. The Morgan fingerprint density at radius 3 is 2.57 bits per heavy atom. The molecule has 1 heterocycles. The standard InChI is InChI=1S/C15H20F2N2O2/c1-10-13(5-4-12(16)14(10)17)18(3)15(20)11(2)19-6-8-21-9-7-19/h4-5,11H,6-9H2,1-3H3. The Kier molecular flexibility index (Phi) is 4.90. The quantitative estimate of drug-likeness (QED) is 0.855. The number of hydrogen-bond donors (Lipinski definition) is 0. The summed E-state index contributed by atoms with van der Waals surface area (Å²) in [6, 6.07) is 2.14. The lowest BCUT2D eigenvalue weighted by molar-refractivity contribution is -0.124. The van der Waals surface area contributed by atoms with Crippen LogP contribution >= 0.6 is 0 Å².